The van der Waals surface area contributed by atoms with Crippen molar-refractivity contribution in [3.63, 3.8) is 0 Å². The van der Waals surface area contributed by atoms with Crippen LogP contribution in [0.25, 0.3) is 0 Å². The van der Waals surface area contributed by atoms with Crippen molar-refractivity contribution in [2.45, 2.75) is 38.6 Å². The Morgan fingerprint density at radius 1 is 1.38 bits per heavy atom. The summed E-state index contributed by atoms with van der Waals surface area (Å²) in [5.41, 5.74) is 7.10. The number of hydrogen-bond acceptors (Lipinski definition) is 4. The van der Waals surface area contributed by atoms with Gasteiger partial charge < -0.3 is 11.1 Å². The number of benzene rings is 1. The second kappa shape index (κ2) is 6.26. The van der Waals surface area contributed by atoms with Crippen LogP contribution in [-0.2, 0) is 10.3 Å². The lowest BCUT2D eigenvalue weighted by Gasteiger charge is -2.24. The number of carbonyl (C=O) groups excluding carboxylic acids is 1. The molecule has 1 unspecified atom stereocenters. The lowest BCUT2D eigenvalue weighted by Crippen LogP contribution is -2.41. The van der Waals surface area contributed by atoms with Gasteiger partial charge in [0.05, 0.1) is 5.54 Å². The molecule has 4 nitrogen and oxygen atoms in total. The Balaban J connectivity index is 1.97. The van der Waals surface area contributed by atoms with E-state index in [1.807, 2.05) is 50.4 Å². The summed E-state index contributed by atoms with van der Waals surface area (Å²) >= 11 is 1.55. The first-order valence-corrected chi connectivity index (χ1v) is 7.83. The highest BCUT2D eigenvalue weighted by Gasteiger charge is 2.26. The molecule has 0 saturated heterocycles. The Hall–Kier alpha value is -1.88. The van der Waals surface area contributed by atoms with Crippen LogP contribution in [0.15, 0.2) is 35.8 Å². The van der Waals surface area contributed by atoms with Crippen molar-refractivity contribution < 1.29 is 4.79 Å². The van der Waals surface area contributed by atoms with Gasteiger partial charge in [-0.3, -0.25) is 4.79 Å². The van der Waals surface area contributed by atoms with Gasteiger partial charge >= 0.3 is 0 Å². The van der Waals surface area contributed by atoms with Crippen LogP contribution >= 0.6 is 11.3 Å². The molecule has 3 N–H and O–H groups in total. The summed E-state index contributed by atoms with van der Waals surface area (Å²) in [5, 5.41) is 5.88. The lowest BCUT2D eigenvalue weighted by atomic mass is 9.96. The van der Waals surface area contributed by atoms with E-state index in [-0.39, 0.29) is 11.8 Å². The predicted octanol–water partition coefficient (Wildman–Crippen LogP) is 3.27. The minimum Gasteiger partial charge on any atom is -0.399 e. The van der Waals surface area contributed by atoms with E-state index in [1.165, 1.54) is 0 Å². The predicted molar refractivity (Wildman–Crippen MR) is 87.2 cm³/mol. The van der Waals surface area contributed by atoms with Gasteiger partial charge in [-0.2, -0.15) is 0 Å². The van der Waals surface area contributed by atoms with Gasteiger partial charge in [0.25, 0.3) is 0 Å². The summed E-state index contributed by atoms with van der Waals surface area (Å²) < 4.78 is 0. The minimum absolute atomic E-state index is 0.0273. The second-order valence-corrected chi connectivity index (χ2v) is 6.68. The third kappa shape index (κ3) is 4.04. The van der Waals surface area contributed by atoms with Crippen molar-refractivity contribution in [3.05, 3.63) is 46.4 Å². The highest BCUT2D eigenvalue weighted by Crippen LogP contribution is 2.24. The summed E-state index contributed by atoms with van der Waals surface area (Å²) in [4.78, 5) is 16.5. The molecule has 1 amide bonds. The van der Waals surface area contributed by atoms with Gasteiger partial charge in [0, 0.05) is 23.7 Å². The standard InChI is InChI=1S/C16H21N3OS/c1-11(12-4-6-13(17)7-5-12)10-14(20)19-16(2,3)15-18-8-9-21-15/h4-9,11H,10,17H2,1-3H3,(H,19,20). The maximum absolute atomic E-state index is 12.2. The number of nitrogen functional groups attached to an aromatic ring is 1. The van der Waals surface area contributed by atoms with Crippen LogP contribution in [0.1, 0.15) is 43.7 Å². The van der Waals surface area contributed by atoms with E-state index in [0.29, 0.717) is 6.42 Å². The van der Waals surface area contributed by atoms with Crippen LogP contribution in [0, 0.1) is 0 Å². The zero-order valence-corrected chi connectivity index (χ0v) is 13.4. The van der Waals surface area contributed by atoms with Crippen molar-refractivity contribution in [1.29, 1.82) is 0 Å². The molecule has 112 valence electrons. The van der Waals surface area contributed by atoms with Crippen molar-refractivity contribution in [2.75, 3.05) is 5.73 Å². The van der Waals surface area contributed by atoms with Crippen LogP contribution in [-0.4, -0.2) is 10.9 Å². The molecule has 5 heteroatoms. The molecule has 0 fully saturated rings. The minimum atomic E-state index is -0.438. The van der Waals surface area contributed by atoms with Crippen molar-refractivity contribution in [2.24, 2.45) is 0 Å². The zero-order chi connectivity index (χ0) is 15.5. The van der Waals surface area contributed by atoms with Crippen LogP contribution < -0.4 is 11.1 Å². The Morgan fingerprint density at radius 2 is 2.05 bits per heavy atom. The molecule has 1 atom stereocenters. The highest BCUT2D eigenvalue weighted by molar-refractivity contribution is 7.09. The summed E-state index contributed by atoms with van der Waals surface area (Å²) in [6, 6.07) is 7.67. The fourth-order valence-corrected chi connectivity index (χ4v) is 2.92. The molecule has 2 rings (SSSR count). The van der Waals surface area contributed by atoms with Crippen LogP contribution in [0.4, 0.5) is 5.69 Å². The SMILES string of the molecule is CC(CC(=O)NC(C)(C)c1nccs1)c1ccc(N)cc1. The summed E-state index contributed by atoms with van der Waals surface area (Å²) in [6.45, 7) is 5.98. The molecule has 2 aromatic rings. The largest absolute Gasteiger partial charge is 0.399 e. The molecule has 0 aliphatic carbocycles. The number of nitrogens with one attached hydrogen (secondary N) is 1. The molecule has 21 heavy (non-hydrogen) atoms. The molecular formula is C16H21N3OS. The Labute approximate surface area is 129 Å². The molecule has 1 aromatic heterocycles. The molecule has 0 aliphatic rings. The van der Waals surface area contributed by atoms with E-state index in [1.54, 1.807) is 17.5 Å². The Kier molecular flexibility index (Phi) is 4.63. The highest BCUT2D eigenvalue weighted by atomic mass is 32.1. The number of rotatable bonds is 5. The number of amides is 1. The van der Waals surface area contributed by atoms with Gasteiger partial charge in [-0.05, 0) is 37.5 Å². The summed E-state index contributed by atoms with van der Waals surface area (Å²) in [5.74, 6) is 0.178. The zero-order valence-electron chi connectivity index (χ0n) is 12.6. The number of nitrogens with zero attached hydrogens (tertiary/aromatic N) is 1. The smallest absolute Gasteiger partial charge is 0.221 e. The van der Waals surface area contributed by atoms with E-state index in [2.05, 4.69) is 10.3 Å². The lowest BCUT2D eigenvalue weighted by molar-refractivity contribution is -0.123. The summed E-state index contributed by atoms with van der Waals surface area (Å²) in [7, 11) is 0. The van der Waals surface area contributed by atoms with Gasteiger partial charge in [0.2, 0.25) is 5.91 Å². The average Bonchev–Trinajstić information content (AvgIpc) is 2.93. The molecule has 0 spiro atoms. The number of anilines is 1. The third-order valence-electron chi connectivity index (χ3n) is 3.42. The van der Waals surface area contributed by atoms with Gasteiger partial charge in [0.15, 0.2) is 0 Å². The molecule has 0 saturated carbocycles. The van der Waals surface area contributed by atoms with Crippen LogP contribution in [0.2, 0.25) is 0 Å². The van der Waals surface area contributed by atoms with Gasteiger partial charge in [-0.25, -0.2) is 4.98 Å². The maximum atomic E-state index is 12.2. The molecule has 1 heterocycles. The first kappa shape index (κ1) is 15.5. The first-order valence-electron chi connectivity index (χ1n) is 6.95. The van der Waals surface area contributed by atoms with Crippen molar-refractivity contribution in [1.82, 2.24) is 10.3 Å². The maximum Gasteiger partial charge on any atom is 0.221 e. The van der Waals surface area contributed by atoms with E-state index in [0.717, 1.165) is 16.3 Å². The van der Waals surface area contributed by atoms with Crippen molar-refractivity contribution in [3.8, 4) is 0 Å². The topological polar surface area (TPSA) is 68.0 Å². The quantitative estimate of drug-likeness (QED) is 0.833. The fourth-order valence-electron chi connectivity index (χ4n) is 2.21. The van der Waals surface area contributed by atoms with Crippen LogP contribution in [0.5, 0.6) is 0 Å². The number of carbonyl (C=O) groups is 1. The Bertz CT molecular complexity index is 590. The van der Waals surface area contributed by atoms with E-state index >= 15 is 0 Å². The summed E-state index contributed by atoms with van der Waals surface area (Å²) in [6.07, 6.45) is 2.20. The van der Waals surface area contributed by atoms with E-state index < -0.39 is 5.54 Å². The fraction of sp³-hybridized carbons (Fsp3) is 0.375. The average molecular weight is 303 g/mol. The number of nitrogens with two attached hydrogens (primary N) is 1. The number of hydrogen-bond donors (Lipinski definition) is 2. The van der Waals surface area contributed by atoms with Gasteiger partial charge in [0.1, 0.15) is 5.01 Å². The molecule has 1 aromatic carbocycles. The monoisotopic (exact) mass is 303 g/mol. The molecular weight excluding hydrogens is 282 g/mol. The normalized spacial score (nSPS) is 12.9. The molecule has 0 bridgehead atoms. The van der Waals surface area contributed by atoms with Crippen LogP contribution in [0.3, 0.4) is 0 Å². The third-order valence-corrected chi connectivity index (χ3v) is 4.51. The molecule has 0 aliphatic heterocycles. The van der Waals surface area contributed by atoms with Gasteiger partial charge in [-0.15, -0.1) is 11.3 Å². The van der Waals surface area contributed by atoms with Gasteiger partial charge in [-0.1, -0.05) is 19.1 Å². The first-order chi connectivity index (χ1) is 9.88. The van der Waals surface area contributed by atoms with E-state index in [4.69, 9.17) is 5.73 Å². The Morgan fingerprint density at radius 3 is 2.62 bits per heavy atom. The second-order valence-electron chi connectivity index (χ2n) is 5.78. The molecule has 0 radical (unpaired) electrons. The number of thiazole rings is 1. The van der Waals surface area contributed by atoms with E-state index in [9.17, 15) is 4.79 Å². The number of aromatic nitrogens is 1. The van der Waals surface area contributed by atoms with Crippen molar-refractivity contribution >= 4 is 22.9 Å².